The number of para-hydroxylation sites is 2. The number of carbonyl (C=O) groups is 1. The molecule has 0 fully saturated rings. The monoisotopic (exact) mass is 463 g/mol. The summed E-state index contributed by atoms with van der Waals surface area (Å²) in [5.74, 6) is -0.266. The summed E-state index contributed by atoms with van der Waals surface area (Å²) in [6.45, 7) is -0.462. The molecule has 0 saturated carbocycles. The lowest BCUT2D eigenvalue weighted by Gasteiger charge is -2.14. The molecule has 1 aromatic heterocycles. The molecular formula is C19H18ClN5O5S. The third-order valence-corrected chi connectivity index (χ3v) is 4.54. The number of nitrogens with one attached hydrogen (secondary N) is 3. The van der Waals surface area contributed by atoms with Crippen molar-refractivity contribution in [1.29, 1.82) is 0 Å². The second-order valence-electron chi connectivity index (χ2n) is 6.27. The fourth-order valence-electron chi connectivity index (χ4n) is 2.46. The van der Waals surface area contributed by atoms with Gasteiger partial charge in [0.2, 0.25) is 16.0 Å². The lowest BCUT2D eigenvalue weighted by Crippen LogP contribution is -2.11. The van der Waals surface area contributed by atoms with E-state index in [0.29, 0.717) is 22.8 Å². The number of benzene rings is 2. The highest BCUT2D eigenvalue weighted by molar-refractivity contribution is 7.92. The van der Waals surface area contributed by atoms with E-state index >= 15 is 0 Å². The first kappa shape index (κ1) is 22.1. The number of anilines is 5. The number of sulfonamides is 1. The largest absolute Gasteiger partial charge is 0.482 e. The average Bonchev–Trinajstić information content (AvgIpc) is 2.69. The van der Waals surface area contributed by atoms with Crippen molar-refractivity contribution in [3.05, 3.63) is 59.8 Å². The van der Waals surface area contributed by atoms with Crippen molar-refractivity contribution in [2.24, 2.45) is 0 Å². The smallest absolute Gasteiger partial charge is 0.341 e. The highest BCUT2D eigenvalue weighted by Crippen LogP contribution is 2.30. The van der Waals surface area contributed by atoms with Gasteiger partial charge in [0.15, 0.2) is 12.4 Å². The Kier molecular flexibility index (Phi) is 6.78. The summed E-state index contributed by atoms with van der Waals surface area (Å²) in [5, 5.41) is 14.9. The third kappa shape index (κ3) is 6.73. The first-order valence-corrected chi connectivity index (χ1v) is 11.0. The molecule has 0 saturated heterocycles. The SMILES string of the molecule is CS(=O)(=O)Nc1ccccc1Nc1nc(Nc2cccc(OCC(=O)O)c2)ncc1Cl. The Labute approximate surface area is 183 Å². The van der Waals surface area contributed by atoms with E-state index in [4.69, 9.17) is 21.4 Å². The minimum atomic E-state index is -3.48. The number of hydrogen-bond donors (Lipinski definition) is 4. The van der Waals surface area contributed by atoms with Gasteiger partial charge in [0.25, 0.3) is 0 Å². The van der Waals surface area contributed by atoms with Gasteiger partial charge in [-0.05, 0) is 24.3 Å². The molecule has 0 aliphatic carbocycles. The molecule has 0 aliphatic heterocycles. The maximum Gasteiger partial charge on any atom is 0.341 e. The Morgan fingerprint density at radius 3 is 2.58 bits per heavy atom. The second kappa shape index (κ2) is 9.49. The summed E-state index contributed by atoms with van der Waals surface area (Å²) in [4.78, 5) is 19.1. The zero-order valence-corrected chi connectivity index (χ0v) is 17.7. The summed E-state index contributed by atoms with van der Waals surface area (Å²) in [7, 11) is -3.48. The van der Waals surface area contributed by atoms with Crippen molar-refractivity contribution >= 4 is 56.4 Å². The number of aromatic nitrogens is 2. The molecule has 4 N–H and O–H groups in total. The van der Waals surface area contributed by atoms with E-state index in [-0.39, 0.29) is 16.8 Å². The molecule has 2 aromatic carbocycles. The van der Waals surface area contributed by atoms with Gasteiger partial charge >= 0.3 is 5.97 Å². The molecule has 0 aliphatic rings. The fraction of sp³-hybridized carbons (Fsp3) is 0.105. The summed E-state index contributed by atoms with van der Waals surface area (Å²) in [6.07, 6.45) is 2.44. The lowest BCUT2D eigenvalue weighted by atomic mass is 10.2. The Morgan fingerprint density at radius 2 is 1.87 bits per heavy atom. The van der Waals surface area contributed by atoms with Crippen LogP contribution in [0.2, 0.25) is 5.02 Å². The molecule has 0 radical (unpaired) electrons. The van der Waals surface area contributed by atoms with Gasteiger partial charge in [-0.2, -0.15) is 4.98 Å². The van der Waals surface area contributed by atoms with Crippen molar-refractivity contribution in [1.82, 2.24) is 9.97 Å². The van der Waals surface area contributed by atoms with Crippen molar-refractivity contribution in [3.8, 4) is 5.75 Å². The highest BCUT2D eigenvalue weighted by Gasteiger charge is 2.11. The van der Waals surface area contributed by atoms with Crippen LogP contribution in [0.1, 0.15) is 0 Å². The standard InChI is InChI=1S/C19H18ClN5O5S/c1-31(28,29)25-16-8-3-2-7-15(16)23-18-14(20)10-21-19(24-18)22-12-5-4-6-13(9-12)30-11-17(26)27/h2-10,25H,11H2,1H3,(H,26,27)(H2,21,22,23,24). The maximum absolute atomic E-state index is 11.6. The van der Waals surface area contributed by atoms with Crippen LogP contribution in [0.15, 0.2) is 54.7 Å². The van der Waals surface area contributed by atoms with Crippen molar-refractivity contribution < 1.29 is 23.1 Å². The number of ether oxygens (including phenoxy) is 1. The quantitative estimate of drug-likeness (QED) is 0.375. The van der Waals surface area contributed by atoms with Gasteiger partial charge in [-0.3, -0.25) is 4.72 Å². The number of aliphatic carboxylic acids is 1. The van der Waals surface area contributed by atoms with Gasteiger partial charge < -0.3 is 20.5 Å². The number of nitrogens with zero attached hydrogens (tertiary/aromatic N) is 2. The van der Waals surface area contributed by atoms with E-state index in [1.807, 2.05) is 0 Å². The molecule has 3 aromatic rings. The number of halogens is 1. The fourth-order valence-corrected chi connectivity index (χ4v) is 3.18. The van der Waals surface area contributed by atoms with Crippen LogP contribution in [0.4, 0.5) is 28.8 Å². The maximum atomic E-state index is 11.6. The van der Waals surface area contributed by atoms with Crippen molar-refractivity contribution in [2.75, 3.05) is 28.2 Å². The zero-order valence-electron chi connectivity index (χ0n) is 16.2. The molecule has 3 rings (SSSR count). The van der Waals surface area contributed by atoms with Gasteiger partial charge in [0, 0.05) is 11.8 Å². The van der Waals surface area contributed by atoms with Crippen LogP contribution < -0.4 is 20.1 Å². The van der Waals surface area contributed by atoms with Crippen LogP contribution >= 0.6 is 11.6 Å². The topological polar surface area (TPSA) is 143 Å². The van der Waals surface area contributed by atoms with Crippen molar-refractivity contribution in [3.63, 3.8) is 0 Å². The second-order valence-corrected chi connectivity index (χ2v) is 8.43. The first-order valence-electron chi connectivity index (χ1n) is 8.78. The predicted octanol–water partition coefficient (Wildman–Crippen LogP) is 3.45. The number of carboxylic acid groups (broad SMARTS) is 1. The van der Waals surface area contributed by atoms with E-state index in [1.54, 1.807) is 48.5 Å². The van der Waals surface area contributed by atoms with E-state index in [9.17, 15) is 13.2 Å². The summed E-state index contributed by atoms with van der Waals surface area (Å²) >= 11 is 6.20. The third-order valence-electron chi connectivity index (χ3n) is 3.67. The number of hydrogen-bond acceptors (Lipinski definition) is 8. The molecule has 31 heavy (non-hydrogen) atoms. The molecule has 162 valence electrons. The van der Waals surface area contributed by atoms with Crippen LogP contribution in [-0.2, 0) is 14.8 Å². The number of rotatable bonds is 9. The van der Waals surface area contributed by atoms with Crippen LogP contribution in [0, 0.1) is 0 Å². The van der Waals surface area contributed by atoms with Crippen molar-refractivity contribution in [2.45, 2.75) is 0 Å². The van der Waals surface area contributed by atoms with E-state index in [2.05, 4.69) is 25.3 Å². The molecule has 12 heteroatoms. The Hall–Kier alpha value is -3.57. The zero-order chi connectivity index (χ0) is 22.4. The Morgan fingerprint density at radius 1 is 1.13 bits per heavy atom. The molecule has 10 nitrogen and oxygen atoms in total. The molecular weight excluding hydrogens is 446 g/mol. The molecule has 0 unspecified atom stereocenters. The summed E-state index contributed by atoms with van der Waals surface area (Å²) in [5.41, 5.74) is 1.34. The molecule has 0 spiro atoms. The van der Waals surface area contributed by atoms with E-state index in [0.717, 1.165) is 6.26 Å². The van der Waals surface area contributed by atoms with Crippen LogP contribution in [0.5, 0.6) is 5.75 Å². The van der Waals surface area contributed by atoms with Crippen LogP contribution in [0.3, 0.4) is 0 Å². The van der Waals surface area contributed by atoms with Gasteiger partial charge in [0.05, 0.1) is 23.8 Å². The van der Waals surface area contributed by atoms with Crippen LogP contribution in [-0.4, -0.2) is 42.3 Å². The first-order chi connectivity index (χ1) is 14.7. The molecule has 0 bridgehead atoms. The Balaban J connectivity index is 1.81. The van der Waals surface area contributed by atoms with E-state index in [1.165, 1.54) is 6.20 Å². The Bertz CT molecular complexity index is 1210. The predicted molar refractivity (Wildman–Crippen MR) is 118 cm³/mol. The minimum Gasteiger partial charge on any atom is -0.482 e. The van der Waals surface area contributed by atoms with Gasteiger partial charge in [-0.1, -0.05) is 29.8 Å². The highest BCUT2D eigenvalue weighted by atomic mass is 35.5. The lowest BCUT2D eigenvalue weighted by molar-refractivity contribution is -0.139. The molecule has 1 heterocycles. The summed E-state index contributed by atoms with van der Waals surface area (Å²) < 4.78 is 30.8. The summed E-state index contributed by atoms with van der Waals surface area (Å²) in [6, 6.07) is 13.3. The minimum absolute atomic E-state index is 0.204. The molecule has 0 atom stereocenters. The number of carboxylic acids is 1. The average molecular weight is 464 g/mol. The van der Waals surface area contributed by atoms with E-state index < -0.39 is 22.6 Å². The van der Waals surface area contributed by atoms with Crippen LogP contribution in [0.25, 0.3) is 0 Å². The normalized spacial score (nSPS) is 10.9. The van der Waals surface area contributed by atoms with Gasteiger partial charge in [-0.25, -0.2) is 18.2 Å². The van der Waals surface area contributed by atoms with Gasteiger partial charge in [0.1, 0.15) is 10.8 Å². The van der Waals surface area contributed by atoms with Gasteiger partial charge in [-0.15, -0.1) is 0 Å². The molecule has 0 amide bonds.